The average molecular weight is 366 g/mol. The lowest BCUT2D eigenvalue weighted by atomic mass is 10.1. The molecule has 3 aromatic carbocycles. The average Bonchev–Trinajstić information content (AvgIpc) is 2.72. The Balaban J connectivity index is 1.73. The normalized spacial score (nSPS) is 11.6. The summed E-state index contributed by atoms with van der Waals surface area (Å²) in [5, 5.41) is 5.51. The Morgan fingerprint density at radius 3 is 2.14 bits per heavy atom. The third-order valence-corrected chi connectivity index (χ3v) is 4.71. The monoisotopic (exact) mass is 366 g/mol. The van der Waals surface area contributed by atoms with Gasteiger partial charge in [-0.15, -0.1) is 0 Å². The Labute approximate surface area is 165 Å². The third-order valence-electron chi connectivity index (χ3n) is 4.71. The minimum atomic E-state index is 0.685. The number of rotatable bonds is 4. The number of nitrogens with one attached hydrogen (secondary N) is 1. The molecule has 0 amide bonds. The Hall–Kier alpha value is -3.53. The van der Waals surface area contributed by atoms with Crippen LogP contribution in [0.25, 0.3) is 22.3 Å². The highest BCUT2D eigenvalue weighted by molar-refractivity contribution is 5.99. The zero-order valence-electron chi connectivity index (χ0n) is 16.3. The first-order chi connectivity index (χ1) is 13.6. The first kappa shape index (κ1) is 17.9. The molecule has 0 saturated carbocycles. The number of hydrazone groups is 1. The maximum Gasteiger partial charge on any atom is 0.162 e. The number of hydrogen-bond acceptors (Lipinski definition) is 4. The van der Waals surface area contributed by atoms with E-state index >= 15 is 0 Å². The van der Waals surface area contributed by atoms with E-state index in [9.17, 15) is 0 Å². The molecule has 4 heteroatoms. The number of para-hydroxylation sites is 1. The van der Waals surface area contributed by atoms with Crippen LogP contribution in [0, 0.1) is 13.8 Å². The summed E-state index contributed by atoms with van der Waals surface area (Å²) in [5.41, 5.74) is 9.45. The van der Waals surface area contributed by atoms with Gasteiger partial charge in [0.25, 0.3) is 0 Å². The molecule has 138 valence electrons. The van der Waals surface area contributed by atoms with Crippen LogP contribution in [0.1, 0.15) is 23.6 Å². The SMILES string of the molecule is C/C(=N\Nc1nc(-c2ccc(C)cc2)nc2ccccc12)c1ccc(C)cc1. The molecule has 0 saturated heterocycles. The van der Waals surface area contributed by atoms with Gasteiger partial charge in [-0.3, -0.25) is 5.43 Å². The molecule has 0 spiro atoms. The molecule has 0 radical (unpaired) electrons. The first-order valence-corrected chi connectivity index (χ1v) is 9.31. The number of nitrogens with zero attached hydrogens (tertiary/aromatic N) is 3. The number of benzene rings is 3. The van der Waals surface area contributed by atoms with Crippen LogP contribution in [0.5, 0.6) is 0 Å². The van der Waals surface area contributed by atoms with E-state index in [2.05, 4.69) is 60.8 Å². The van der Waals surface area contributed by atoms with Gasteiger partial charge < -0.3 is 0 Å². The molecule has 4 nitrogen and oxygen atoms in total. The van der Waals surface area contributed by atoms with E-state index in [0.29, 0.717) is 11.6 Å². The largest absolute Gasteiger partial charge is 0.260 e. The van der Waals surface area contributed by atoms with E-state index < -0.39 is 0 Å². The molecule has 0 aliphatic carbocycles. The topological polar surface area (TPSA) is 50.2 Å². The maximum absolute atomic E-state index is 4.75. The van der Waals surface area contributed by atoms with Crippen LogP contribution < -0.4 is 5.43 Å². The number of hydrogen-bond donors (Lipinski definition) is 1. The quantitative estimate of drug-likeness (QED) is 0.369. The highest BCUT2D eigenvalue weighted by atomic mass is 15.3. The molecule has 1 aromatic heterocycles. The summed E-state index contributed by atoms with van der Waals surface area (Å²) in [6.07, 6.45) is 0. The Kier molecular flexibility index (Phi) is 4.85. The molecule has 0 aliphatic rings. The minimum absolute atomic E-state index is 0.685. The van der Waals surface area contributed by atoms with Gasteiger partial charge >= 0.3 is 0 Å². The Bertz CT molecular complexity index is 1140. The van der Waals surface area contributed by atoms with Crippen molar-refractivity contribution in [1.82, 2.24) is 9.97 Å². The highest BCUT2D eigenvalue weighted by Crippen LogP contribution is 2.25. The zero-order chi connectivity index (χ0) is 19.5. The molecule has 0 fully saturated rings. The molecule has 0 bridgehead atoms. The second kappa shape index (κ2) is 7.61. The van der Waals surface area contributed by atoms with Gasteiger partial charge in [0.15, 0.2) is 11.6 Å². The van der Waals surface area contributed by atoms with Crippen molar-refractivity contribution in [1.29, 1.82) is 0 Å². The van der Waals surface area contributed by atoms with Gasteiger partial charge in [-0.1, -0.05) is 71.8 Å². The predicted octanol–water partition coefficient (Wildman–Crippen LogP) is 5.75. The van der Waals surface area contributed by atoms with Crippen LogP contribution in [0.4, 0.5) is 5.82 Å². The molecule has 1 N–H and O–H groups in total. The summed E-state index contributed by atoms with van der Waals surface area (Å²) in [6.45, 7) is 6.14. The van der Waals surface area contributed by atoms with Crippen molar-refractivity contribution in [2.24, 2.45) is 5.10 Å². The van der Waals surface area contributed by atoms with E-state index in [4.69, 9.17) is 9.97 Å². The number of aromatic nitrogens is 2. The Morgan fingerprint density at radius 2 is 1.43 bits per heavy atom. The van der Waals surface area contributed by atoms with Crippen molar-refractivity contribution >= 4 is 22.4 Å². The van der Waals surface area contributed by atoms with Crippen molar-refractivity contribution in [3.05, 3.63) is 89.5 Å². The molecular formula is C24H22N4. The molecule has 0 unspecified atom stereocenters. The minimum Gasteiger partial charge on any atom is -0.260 e. The smallest absolute Gasteiger partial charge is 0.162 e. The number of aryl methyl sites for hydroxylation is 2. The summed E-state index contributed by atoms with van der Waals surface area (Å²) < 4.78 is 0. The molecule has 1 heterocycles. The van der Waals surface area contributed by atoms with Crippen molar-refractivity contribution in [3.63, 3.8) is 0 Å². The highest BCUT2D eigenvalue weighted by Gasteiger charge is 2.09. The standard InChI is InChI=1S/C24H22N4/c1-16-8-12-19(13-9-16)18(3)27-28-24-21-6-4-5-7-22(21)25-23(26-24)20-14-10-17(2)11-15-20/h4-15H,1-3H3,(H,25,26,28)/b27-18+. The summed E-state index contributed by atoms with van der Waals surface area (Å²) >= 11 is 0. The third kappa shape index (κ3) is 3.76. The summed E-state index contributed by atoms with van der Waals surface area (Å²) in [6, 6.07) is 24.5. The van der Waals surface area contributed by atoms with E-state index in [-0.39, 0.29) is 0 Å². The fourth-order valence-electron chi connectivity index (χ4n) is 2.99. The molecule has 4 rings (SSSR count). The van der Waals surface area contributed by atoms with E-state index in [1.54, 1.807) is 0 Å². The fraction of sp³-hybridized carbons (Fsp3) is 0.125. The van der Waals surface area contributed by atoms with Gasteiger partial charge in [-0.05, 0) is 38.5 Å². The van der Waals surface area contributed by atoms with Crippen LogP contribution in [0.2, 0.25) is 0 Å². The molecule has 4 aromatic rings. The summed E-state index contributed by atoms with van der Waals surface area (Å²) in [4.78, 5) is 9.48. The lowest BCUT2D eigenvalue weighted by Gasteiger charge is -2.09. The summed E-state index contributed by atoms with van der Waals surface area (Å²) in [5.74, 6) is 1.39. The van der Waals surface area contributed by atoms with E-state index in [1.165, 1.54) is 11.1 Å². The first-order valence-electron chi connectivity index (χ1n) is 9.31. The fourth-order valence-corrected chi connectivity index (χ4v) is 2.99. The van der Waals surface area contributed by atoms with Crippen LogP contribution in [-0.2, 0) is 0 Å². The van der Waals surface area contributed by atoms with E-state index in [0.717, 1.165) is 27.7 Å². The second-order valence-corrected chi connectivity index (χ2v) is 6.95. The number of fused-ring (bicyclic) bond motifs is 1. The van der Waals surface area contributed by atoms with Crippen LogP contribution in [0.3, 0.4) is 0 Å². The molecule has 0 atom stereocenters. The zero-order valence-corrected chi connectivity index (χ0v) is 16.3. The Morgan fingerprint density at radius 1 is 0.786 bits per heavy atom. The molecular weight excluding hydrogens is 344 g/mol. The van der Waals surface area contributed by atoms with Gasteiger partial charge in [0, 0.05) is 10.9 Å². The summed E-state index contributed by atoms with van der Waals surface area (Å²) in [7, 11) is 0. The second-order valence-electron chi connectivity index (χ2n) is 6.95. The number of anilines is 1. The van der Waals surface area contributed by atoms with Crippen molar-refractivity contribution in [2.75, 3.05) is 5.43 Å². The lowest BCUT2D eigenvalue weighted by molar-refractivity contribution is 1.18. The van der Waals surface area contributed by atoms with Crippen molar-refractivity contribution < 1.29 is 0 Å². The predicted molar refractivity (Wildman–Crippen MR) is 117 cm³/mol. The van der Waals surface area contributed by atoms with Gasteiger partial charge in [0.1, 0.15) is 0 Å². The van der Waals surface area contributed by atoms with Gasteiger partial charge in [0.2, 0.25) is 0 Å². The van der Waals surface area contributed by atoms with Gasteiger partial charge in [0.05, 0.1) is 11.2 Å². The maximum atomic E-state index is 4.75. The van der Waals surface area contributed by atoms with Crippen LogP contribution >= 0.6 is 0 Å². The van der Waals surface area contributed by atoms with Crippen molar-refractivity contribution in [2.45, 2.75) is 20.8 Å². The van der Waals surface area contributed by atoms with Crippen molar-refractivity contribution in [3.8, 4) is 11.4 Å². The molecule has 0 aliphatic heterocycles. The van der Waals surface area contributed by atoms with Gasteiger partial charge in [-0.25, -0.2) is 9.97 Å². The lowest BCUT2D eigenvalue weighted by Crippen LogP contribution is -2.03. The molecule has 28 heavy (non-hydrogen) atoms. The van der Waals surface area contributed by atoms with Crippen LogP contribution in [0.15, 0.2) is 77.9 Å². The van der Waals surface area contributed by atoms with Crippen LogP contribution in [-0.4, -0.2) is 15.7 Å². The van der Waals surface area contributed by atoms with E-state index in [1.807, 2.05) is 43.3 Å². The van der Waals surface area contributed by atoms with Gasteiger partial charge in [-0.2, -0.15) is 5.10 Å².